The Hall–Kier alpha value is -1.03. The number of nitrogens with one attached hydrogen (secondary N) is 1. The Balaban J connectivity index is 1.93. The van der Waals surface area contributed by atoms with Gasteiger partial charge in [-0.2, -0.15) is 5.10 Å². The Morgan fingerprint density at radius 2 is 2.35 bits per heavy atom. The van der Waals surface area contributed by atoms with Crippen LogP contribution in [0.2, 0.25) is 0 Å². The lowest BCUT2D eigenvalue weighted by molar-refractivity contribution is -0.121. The first-order valence-electron chi connectivity index (χ1n) is 6.17. The third-order valence-corrected chi connectivity index (χ3v) is 3.65. The molecule has 0 bridgehead atoms. The van der Waals surface area contributed by atoms with E-state index >= 15 is 0 Å². The van der Waals surface area contributed by atoms with Crippen LogP contribution in [0.15, 0.2) is 12.4 Å². The van der Waals surface area contributed by atoms with Crippen LogP contribution in [0.5, 0.6) is 0 Å². The Morgan fingerprint density at radius 1 is 1.65 bits per heavy atom. The van der Waals surface area contributed by atoms with Gasteiger partial charge in [-0.15, -0.1) is 11.6 Å². The first-order valence-corrected chi connectivity index (χ1v) is 6.61. The van der Waals surface area contributed by atoms with Gasteiger partial charge in [0.15, 0.2) is 0 Å². The van der Waals surface area contributed by atoms with Crippen molar-refractivity contribution >= 4 is 17.5 Å². The van der Waals surface area contributed by atoms with Gasteiger partial charge >= 0.3 is 0 Å². The van der Waals surface area contributed by atoms with Crippen molar-refractivity contribution in [3.8, 4) is 0 Å². The summed E-state index contributed by atoms with van der Waals surface area (Å²) >= 11 is 6.14. The van der Waals surface area contributed by atoms with Gasteiger partial charge < -0.3 is 5.32 Å². The summed E-state index contributed by atoms with van der Waals surface area (Å²) < 4.78 is 1.77. The smallest absolute Gasteiger partial charge is 0.242 e. The van der Waals surface area contributed by atoms with Gasteiger partial charge in [0, 0.05) is 24.3 Å². The lowest BCUT2D eigenvalue weighted by Crippen LogP contribution is -2.34. The van der Waals surface area contributed by atoms with Gasteiger partial charge in [0.1, 0.15) is 5.38 Å². The molecule has 4 nitrogen and oxygen atoms in total. The molecule has 0 spiro atoms. The molecule has 1 fully saturated rings. The van der Waals surface area contributed by atoms with E-state index in [2.05, 4.69) is 10.4 Å². The number of halogens is 1. The molecule has 1 amide bonds. The van der Waals surface area contributed by atoms with Crippen molar-refractivity contribution in [1.82, 2.24) is 15.1 Å². The largest absolute Gasteiger partial charge is 0.352 e. The van der Waals surface area contributed by atoms with Crippen molar-refractivity contribution in [3.63, 3.8) is 0 Å². The van der Waals surface area contributed by atoms with E-state index in [9.17, 15) is 4.79 Å². The van der Waals surface area contributed by atoms with E-state index in [4.69, 9.17) is 11.6 Å². The third kappa shape index (κ3) is 3.00. The average Bonchev–Trinajstić information content (AvgIpc) is 2.98. The number of amides is 1. The summed E-state index contributed by atoms with van der Waals surface area (Å²) in [5, 5.41) is 6.49. The summed E-state index contributed by atoms with van der Waals surface area (Å²) in [5.74, 6) is -0.103. The SMILES string of the molecule is CCn1cc(C(Cl)C(=O)NC2CCCC2)cn1. The number of alkyl halides is 1. The number of aromatic nitrogens is 2. The van der Waals surface area contributed by atoms with Crippen molar-refractivity contribution in [3.05, 3.63) is 18.0 Å². The highest BCUT2D eigenvalue weighted by atomic mass is 35.5. The number of aryl methyl sites for hydroxylation is 1. The van der Waals surface area contributed by atoms with Crippen molar-refractivity contribution in [2.75, 3.05) is 0 Å². The first-order chi connectivity index (χ1) is 8.20. The lowest BCUT2D eigenvalue weighted by atomic mass is 10.2. The molecule has 2 rings (SSSR count). The summed E-state index contributed by atoms with van der Waals surface area (Å²) in [7, 11) is 0. The molecule has 1 aliphatic carbocycles. The third-order valence-electron chi connectivity index (χ3n) is 3.20. The van der Waals surface area contributed by atoms with E-state index in [1.807, 2.05) is 13.1 Å². The lowest BCUT2D eigenvalue weighted by Gasteiger charge is -2.14. The normalized spacial score (nSPS) is 18.2. The summed E-state index contributed by atoms with van der Waals surface area (Å²) in [4.78, 5) is 11.9. The van der Waals surface area contributed by atoms with E-state index in [1.54, 1.807) is 10.9 Å². The van der Waals surface area contributed by atoms with E-state index < -0.39 is 5.38 Å². The molecule has 1 aromatic rings. The zero-order valence-corrected chi connectivity index (χ0v) is 10.8. The zero-order valence-electron chi connectivity index (χ0n) is 10.0. The van der Waals surface area contributed by atoms with Crippen molar-refractivity contribution in [1.29, 1.82) is 0 Å². The molecule has 1 saturated carbocycles. The quantitative estimate of drug-likeness (QED) is 0.839. The molecule has 0 aliphatic heterocycles. The second kappa shape index (κ2) is 5.54. The van der Waals surface area contributed by atoms with Gasteiger partial charge in [-0.05, 0) is 19.8 Å². The van der Waals surface area contributed by atoms with Gasteiger partial charge in [-0.1, -0.05) is 12.8 Å². The van der Waals surface area contributed by atoms with Gasteiger partial charge in [0.05, 0.1) is 6.20 Å². The number of rotatable bonds is 4. The summed E-state index contributed by atoms with van der Waals surface area (Å²) in [6, 6.07) is 0.310. The van der Waals surface area contributed by atoms with Crippen LogP contribution in [0, 0.1) is 0 Å². The van der Waals surface area contributed by atoms with Crippen LogP contribution in [-0.2, 0) is 11.3 Å². The van der Waals surface area contributed by atoms with Crippen LogP contribution in [0.4, 0.5) is 0 Å². The molecular formula is C12H18ClN3O. The average molecular weight is 256 g/mol. The fourth-order valence-corrected chi connectivity index (χ4v) is 2.35. The standard InChI is InChI=1S/C12H18ClN3O/c1-2-16-8-9(7-14-16)11(13)12(17)15-10-5-3-4-6-10/h7-8,10-11H,2-6H2,1H3,(H,15,17). The van der Waals surface area contributed by atoms with E-state index in [1.165, 1.54) is 12.8 Å². The van der Waals surface area contributed by atoms with Crippen molar-refractivity contribution in [2.45, 2.75) is 50.6 Å². The molecule has 0 aromatic carbocycles. The van der Waals surface area contributed by atoms with E-state index in [-0.39, 0.29) is 5.91 Å². The van der Waals surface area contributed by atoms with Gasteiger partial charge in [0.25, 0.3) is 0 Å². The molecule has 1 unspecified atom stereocenters. The second-order valence-electron chi connectivity index (χ2n) is 4.48. The van der Waals surface area contributed by atoms with E-state index in [0.29, 0.717) is 6.04 Å². The monoisotopic (exact) mass is 255 g/mol. The number of nitrogens with zero attached hydrogens (tertiary/aromatic N) is 2. The van der Waals surface area contributed by atoms with Crippen molar-refractivity contribution in [2.24, 2.45) is 0 Å². The molecule has 1 heterocycles. The van der Waals surface area contributed by atoms with Crippen molar-refractivity contribution < 1.29 is 4.79 Å². The van der Waals surface area contributed by atoms with Crippen LogP contribution in [0.3, 0.4) is 0 Å². The fourth-order valence-electron chi connectivity index (χ4n) is 2.18. The van der Waals surface area contributed by atoms with Crippen LogP contribution < -0.4 is 5.32 Å². The highest BCUT2D eigenvalue weighted by Crippen LogP contribution is 2.23. The molecule has 0 saturated heterocycles. The van der Waals surface area contributed by atoms with Gasteiger partial charge in [-0.25, -0.2) is 0 Å². The predicted molar refractivity (Wildman–Crippen MR) is 66.9 cm³/mol. The molecule has 1 N–H and O–H groups in total. The molecule has 5 heteroatoms. The number of carbonyl (C=O) groups excluding carboxylic acids is 1. The summed E-state index contributed by atoms with van der Waals surface area (Å²) in [6.07, 6.45) is 8.03. The van der Waals surface area contributed by atoms with Crippen LogP contribution in [0.1, 0.15) is 43.5 Å². The topological polar surface area (TPSA) is 46.9 Å². The minimum absolute atomic E-state index is 0.103. The van der Waals surface area contributed by atoms with Gasteiger partial charge in [0.2, 0.25) is 5.91 Å². The summed E-state index contributed by atoms with van der Waals surface area (Å²) in [6.45, 7) is 2.78. The Kier molecular flexibility index (Phi) is 4.05. The molecule has 1 aromatic heterocycles. The van der Waals surface area contributed by atoms with Crippen LogP contribution in [0.25, 0.3) is 0 Å². The maximum absolute atomic E-state index is 11.9. The highest BCUT2D eigenvalue weighted by molar-refractivity contribution is 6.30. The fraction of sp³-hybridized carbons (Fsp3) is 0.667. The Morgan fingerprint density at radius 3 is 2.94 bits per heavy atom. The summed E-state index contributed by atoms with van der Waals surface area (Å²) in [5.41, 5.74) is 0.768. The number of hydrogen-bond acceptors (Lipinski definition) is 2. The van der Waals surface area contributed by atoms with Gasteiger partial charge in [-0.3, -0.25) is 9.48 Å². The maximum Gasteiger partial charge on any atom is 0.242 e. The Bertz CT molecular complexity index is 385. The minimum Gasteiger partial charge on any atom is -0.352 e. The number of carbonyl (C=O) groups is 1. The molecule has 94 valence electrons. The van der Waals surface area contributed by atoms with Crippen LogP contribution >= 0.6 is 11.6 Å². The Labute approximate surface area is 106 Å². The zero-order chi connectivity index (χ0) is 12.3. The second-order valence-corrected chi connectivity index (χ2v) is 4.92. The minimum atomic E-state index is -0.629. The van der Waals surface area contributed by atoms with E-state index in [0.717, 1.165) is 24.9 Å². The molecule has 1 aliphatic rings. The number of hydrogen-bond donors (Lipinski definition) is 1. The predicted octanol–water partition coefficient (Wildman–Crippen LogP) is 2.24. The molecule has 0 radical (unpaired) electrons. The molecular weight excluding hydrogens is 238 g/mol. The molecule has 1 atom stereocenters. The molecule has 17 heavy (non-hydrogen) atoms. The maximum atomic E-state index is 11.9. The first kappa shape index (κ1) is 12.4. The van der Waals surface area contributed by atoms with Crippen LogP contribution in [-0.4, -0.2) is 21.7 Å². The highest BCUT2D eigenvalue weighted by Gasteiger charge is 2.23.